The normalized spacial score (nSPS) is 13.1. The van der Waals surface area contributed by atoms with Crippen LogP contribution < -0.4 is 13.1 Å². The Kier molecular flexibility index (Phi) is 14.5. The van der Waals surface area contributed by atoms with Crippen molar-refractivity contribution in [3.63, 3.8) is 0 Å². The highest BCUT2D eigenvalue weighted by Crippen LogP contribution is 2.32. The van der Waals surface area contributed by atoms with Crippen molar-refractivity contribution in [1.82, 2.24) is 0 Å². The van der Waals surface area contributed by atoms with Crippen LogP contribution in [0.15, 0.2) is 200 Å². The van der Waals surface area contributed by atoms with Crippen LogP contribution in [0.3, 0.4) is 0 Å². The second-order valence-corrected chi connectivity index (χ2v) is 22.3. The van der Waals surface area contributed by atoms with Crippen LogP contribution in [0.25, 0.3) is 21.5 Å². The lowest BCUT2D eigenvalue weighted by molar-refractivity contribution is -0.0606. The van der Waals surface area contributed by atoms with Crippen molar-refractivity contribution in [2.24, 2.45) is 10.3 Å². The molecule has 0 fully saturated rings. The number of halogens is 6. The molecule has 0 aliphatic carbocycles. The molecule has 0 aliphatic rings. The zero-order valence-corrected chi connectivity index (χ0v) is 41.5. The van der Waals surface area contributed by atoms with E-state index in [0.717, 1.165) is 83.9 Å². The Morgan fingerprint density at radius 1 is 0.360 bits per heavy atom. The van der Waals surface area contributed by atoms with E-state index in [1.807, 2.05) is 0 Å². The monoisotopic (exact) mass is 1110 g/mol. The van der Waals surface area contributed by atoms with Gasteiger partial charge >= 0.3 is 52.8 Å². The summed E-state index contributed by atoms with van der Waals surface area (Å²) < 4.78 is 214. The van der Waals surface area contributed by atoms with Crippen LogP contribution in [0.1, 0.15) is 22.3 Å². The third-order valence-electron chi connectivity index (χ3n) is 10.7. The first-order valence-electron chi connectivity index (χ1n) is 21.3. The molecule has 0 bridgehead atoms. The fourth-order valence-electron chi connectivity index (χ4n) is 6.87. The van der Waals surface area contributed by atoms with E-state index in [9.17, 15) is 60.0 Å². The van der Waals surface area contributed by atoms with Gasteiger partial charge in [-0.2, -0.15) is 60.0 Å². The first-order valence-corrected chi connectivity index (χ1v) is 26.9. The predicted molar refractivity (Wildman–Crippen MR) is 261 cm³/mol. The van der Waals surface area contributed by atoms with Crippen molar-refractivity contribution in [3.05, 3.63) is 192 Å². The number of aryl methyl sites for hydroxylation is 2. The lowest BCUT2D eigenvalue weighted by atomic mass is 10.1. The number of hydrogen-bond acceptors (Lipinski definition) is 15. The topological polar surface area (TPSA) is 207 Å². The van der Waals surface area contributed by atoms with Gasteiger partial charge in [0.15, 0.2) is 11.4 Å². The highest BCUT2D eigenvalue weighted by atomic mass is 32.2. The lowest BCUT2D eigenvalue weighted by Gasteiger charge is -2.13. The van der Waals surface area contributed by atoms with E-state index in [1.54, 1.807) is 38.1 Å². The number of benzene rings is 8. The minimum absolute atomic E-state index is 0.101. The van der Waals surface area contributed by atoms with Gasteiger partial charge < -0.3 is 13.1 Å². The van der Waals surface area contributed by atoms with E-state index in [4.69, 9.17) is 13.1 Å². The van der Waals surface area contributed by atoms with Crippen LogP contribution in [0.2, 0.25) is 0 Å². The van der Waals surface area contributed by atoms with Gasteiger partial charge in [0, 0.05) is 11.1 Å². The van der Waals surface area contributed by atoms with Crippen LogP contribution in [0, 0.1) is 13.8 Å². The molecule has 0 aliphatic heterocycles. The summed E-state index contributed by atoms with van der Waals surface area (Å²) in [5, 5.41) is 6.92. The average Bonchev–Trinajstić information content (AvgIpc) is 3.34. The standard InChI is InChI=1S/C50H34F6N2O13S4/c1-31-3-21-43(22-4-31)72(59,60)68-41-19-11-37-29-45(25-13-35(37)27-41)74(63,64)70-57-47(49(51,52)53)33-7-15-39(16-8-33)67-40-17-9-34(10-18-40)48(50(54,55)56)58-71-75(65,66)46-26-14-36-28-42(20-12-38(36)30-46)69-73(61,62)44-23-5-32(2)6-24-44/h3-30H,1-2H3/b57-47+,58-48+. The van der Waals surface area contributed by atoms with Crippen molar-refractivity contribution in [2.45, 2.75) is 45.8 Å². The first-order chi connectivity index (χ1) is 35.1. The van der Waals surface area contributed by atoms with Gasteiger partial charge in [-0.1, -0.05) is 70.0 Å². The summed E-state index contributed by atoms with van der Waals surface area (Å²) >= 11 is 0. The van der Waals surface area contributed by atoms with E-state index in [2.05, 4.69) is 18.9 Å². The molecule has 15 nitrogen and oxygen atoms in total. The molecule has 0 aromatic heterocycles. The Hall–Kier alpha value is -8.00. The van der Waals surface area contributed by atoms with Gasteiger partial charge in [0.2, 0.25) is 0 Å². The fourth-order valence-corrected chi connectivity index (χ4v) is 10.2. The Balaban J connectivity index is 0.919. The molecule has 0 saturated carbocycles. The zero-order chi connectivity index (χ0) is 54.1. The molecule has 0 radical (unpaired) electrons. The van der Waals surface area contributed by atoms with Crippen molar-refractivity contribution in [3.8, 4) is 23.0 Å². The third-order valence-corrected chi connectivity index (χ3v) is 15.4. The first kappa shape index (κ1) is 53.3. The van der Waals surface area contributed by atoms with Crippen molar-refractivity contribution >= 4 is 73.4 Å². The molecule has 0 unspecified atom stereocenters. The fraction of sp³-hybridized carbons (Fsp3) is 0.0800. The highest BCUT2D eigenvalue weighted by Gasteiger charge is 2.40. The Morgan fingerprint density at radius 3 is 0.987 bits per heavy atom. The van der Waals surface area contributed by atoms with Crippen LogP contribution in [0.5, 0.6) is 23.0 Å². The van der Waals surface area contributed by atoms with Gasteiger partial charge in [0.1, 0.15) is 42.6 Å². The van der Waals surface area contributed by atoms with E-state index >= 15 is 0 Å². The minimum atomic E-state index is -5.26. The zero-order valence-electron chi connectivity index (χ0n) is 38.3. The number of ether oxygens (including phenoxy) is 1. The Bertz CT molecular complexity index is 3740. The molecule has 75 heavy (non-hydrogen) atoms. The summed E-state index contributed by atoms with van der Waals surface area (Å²) in [5.41, 5.74) is -3.25. The molecule has 0 N–H and O–H groups in total. The van der Waals surface area contributed by atoms with E-state index in [-0.39, 0.29) is 43.6 Å². The predicted octanol–water partition coefficient (Wildman–Crippen LogP) is 11.3. The third kappa shape index (κ3) is 12.7. The van der Waals surface area contributed by atoms with Crippen LogP contribution in [0.4, 0.5) is 26.3 Å². The molecule has 25 heteroatoms. The van der Waals surface area contributed by atoms with E-state index in [1.165, 1.54) is 72.8 Å². The van der Waals surface area contributed by atoms with Crippen molar-refractivity contribution in [1.29, 1.82) is 0 Å². The van der Waals surface area contributed by atoms with Gasteiger partial charge in [-0.25, -0.2) is 0 Å². The SMILES string of the molecule is Cc1ccc(S(=O)(=O)Oc2ccc3cc(S(=O)(=O)O/N=C(\c4ccc(Oc5ccc(/C(=N\OS(=O)(=O)c6ccc7cc(OS(=O)(=O)c8ccc(C)cc8)ccc7c6)C(F)(F)F)cc5)cc4)C(F)(F)F)ccc3c2)cc1. The summed E-state index contributed by atoms with van der Waals surface area (Å²) in [4.78, 5) is -1.40. The van der Waals surface area contributed by atoms with Gasteiger partial charge in [-0.3, -0.25) is 8.57 Å². The number of hydrogen-bond donors (Lipinski definition) is 0. The molecular formula is C50H34F6N2O13S4. The van der Waals surface area contributed by atoms with Crippen LogP contribution in [-0.2, 0) is 49.0 Å². The summed E-state index contributed by atoms with van der Waals surface area (Å²) in [7, 11) is -18.4. The maximum absolute atomic E-state index is 14.2. The van der Waals surface area contributed by atoms with Crippen molar-refractivity contribution < 1.29 is 81.7 Å². The molecule has 388 valence electrons. The molecule has 8 aromatic rings. The molecule has 0 heterocycles. The largest absolute Gasteiger partial charge is 0.457 e. The maximum atomic E-state index is 14.2. The Morgan fingerprint density at radius 2 is 0.653 bits per heavy atom. The van der Waals surface area contributed by atoms with Gasteiger partial charge in [-0.05, 0) is 157 Å². The number of nitrogens with zero attached hydrogens (tertiary/aromatic N) is 2. The molecule has 0 spiro atoms. The molecule has 8 rings (SSSR count). The molecule has 0 atom stereocenters. The van der Waals surface area contributed by atoms with Gasteiger partial charge in [0.05, 0.1) is 0 Å². The maximum Gasteiger partial charge on any atom is 0.437 e. The second-order valence-electron chi connectivity index (χ2n) is 16.1. The van der Waals surface area contributed by atoms with Crippen LogP contribution in [-0.4, -0.2) is 57.4 Å². The summed E-state index contributed by atoms with van der Waals surface area (Å²) in [6.07, 6.45) is -10.5. The minimum Gasteiger partial charge on any atom is -0.457 e. The van der Waals surface area contributed by atoms with Crippen LogP contribution >= 0.6 is 0 Å². The Labute approximate surface area is 424 Å². The summed E-state index contributed by atoms with van der Waals surface area (Å²) in [6.45, 7) is 3.54. The molecule has 0 amide bonds. The smallest absolute Gasteiger partial charge is 0.437 e. The van der Waals surface area contributed by atoms with Gasteiger partial charge in [0.25, 0.3) is 0 Å². The second kappa shape index (κ2) is 20.4. The van der Waals surface area contributed by atoms with E-state index < -0.39 is 85.2 Å². The molecule has 0 saturated heterocycles. The highest BCUT2D eigenvalue weighted by molar-refractivity contribution is 7.87. The average molecular weight is 1110 g/mol. The molecular weight excluding hydrogens is 1080 g/mol. The quantitative estimate of drug-likeness (QED) is 0.0382. The number of fused-ring (bicyclic) bond motifs is 2. The van der Waals surface area contributed by atoms with E-state index in [0.29, 0.717) is 10.8 Å². The van der Waals surface area contributed by atoms with Crippen molar-refractivity contribution in [2.75, 3.05) is 0 Å². The summed E-state index contributed by atoms with van der Waals surface area (Å²) in [5.74, 6) is -0.471. The summed E-state index contributed by atoms with van der Waals surface area (Å²) in [6, 6.07) is 33.7. The molecule has 8 aromatic carbocycles. The van der Waals surface area contributed by atoms with Gasteiger partial charge in [-0.15, -0.1) is 0 Å². The number of rotatable bonds is 16. The lowest BCUT2D eigenvalue weighted by Crippen LogP contribution is -2.25. The number of alkyl halides is 6. The number of oxime groups is 2.